The average Bonchev–Trinajstić information content (AvgIpc) is 2.78. The molecule has 3 N–H and O–H groups in total. The van der Waals surface area contributed by atoms with Gasteiger partial charge in [-0.15, -0.1) is 0 Å². The average molecular weight is 255 g/mol. The third kappa shape index (κ3) is 1.94. The van der Waals surface area contributed by atoms with Crippen LogP contribution in [0.2, 0.25) is 0 Å². The van der Waals surface area contributed by atoms with Crippen LogP contribution in [0.25, 0.3) is 0 Å². The molecule has 2 aliphatic carbocycles. The van der Waals surface area contributed by atoms with Gasteiger partial charge in [-0.1, -0.05) is 0 Å². The summed E-state index contributed by atoms with van der Waals surface area (Å²) in [7, 11) is 0. The topological polar surface area (TPSA) is 54.7 Å². The van der Waals surface area contributed by atoms with E-state index in [1.807, 2.05) is 0 Å². The molecule has 0 unspecified atom stereocenters. The van der Waals surface area contributed by atoms with Crippen molar-refractivity contribution in [3.8, 4) is 0 Å². The number of aromatic amines is 1. The lowest BCUT2D eigenvalue weighted by atomic mass is 9.76. The number of hydrogen-bond donors (Lipinski definition) is 2. The lowest BCUT2D eigenvalue weighted by Crippen LogP contribution is -2.44. The van der Waals surface area contributed by atoms with Crippen molar-refractivity contribution in [3.63, 3.8) is 0 Å². The van der Waals surface area contributed by atoms with E-state index >= 15 is 0 Å². The Kier molecular flexibility index (Phi) is 2.70. The van der Waals surface area contributed by atoms with E-state index in [4.69, 9.17) is 5.73 Å². The summed E-state index contributed by atoms with van der Waals surface area (Å²) in [5, 5.41) is 7.40. The predicted molar refractivity (Wildman–Crippen MR) is 64.5 cm³/mol. The molecule has 3 rings (SSSR count). The molecule has 18 heavy (non-hydrogen) atoms. The Bertz CT molecular complexity index is 443. The molecule has 1 aromatic rings. The fourth-order valence-electron chi connectivity index (χ4n) is 3.19. The zero-order chi connectivity index (χ0) is 12.8. The maximum atomic E-state index is 13.2. The number of aromatic nitrogens is 2. The van der Waals surface area contributed by atoms with Crippen molar-refractivity contribution in [2.24, 2.45) is 5.73 Å². The van der Waals surface area contributed by atoms with Gasteiger partial charge in [0.15, 0.2) is 0 Å². The Morgan fingerprint density at radius 3 is 2.44 bits per heavy atom. The van der Waals surface area contributed by atoms with Crippen molar-refractivity contribution >= 4 is 0 Å². The summed E-state index contributed by atoms with van der Waals surface area (Å²) >= 11 is 0. The van der Waals surface area contributed by atoms with Gasteiger partial charge in [0.1, 0.15) is 0 Å². The van der Waals surface area contributed by atoms with Crippen molar-refractivity contribution in [2.75, 3.05) is 0 Å². The van der Waals surface area contributed by atoms with Gasteiger partial charge in [0.05, 0.1) is 11.2 Å². The number of nitrogens with zero attached hydrogens (tertiary/aromatic N) is 1. The maximum absolute atomic E-state index is 13.2. The first-order chi connectivity index (χ1) is 8.50. The van der Waals surface area contributed by atoms with Crippen LogP contribution in [0, 0.1) is 0 Å². The van der Waals surface area contributed by atoms with Crippen LogP contribution in [0.15, 0.2) is 0 Å². The fraction of sp³-hybridized carbons (Fsp3) is 0.769. The molecule has 0 bridgehead atoms. The summed E-state index contributed by atoms with van der Waals surface area (Å²) in [6, 6.07) is 0. The van der Waals surface area contributed by atoms with Crippen molar-refractivity contribution in [3.05, 3.63) is 17.0 Å². The van der Waals surface area contributed by atoms with Crippen LogP contribution in [0.4, 0.5) is 8.78 Å². The first-order valence-electron chi connectivity index (χ1n) is 6.74. The van der Waals surface area contributed by atoms with Crippen LogP contribution < -0.4 is 5.73 Å². The minimum absolute atomic E-state index is 0.120. The van der Waals surface area contributed by atoms with Crippen molar-refractivity contribution in [1.29, 1.82) is 0 Å². The van der Waals surface area contributed by atoms with Crippen molar-refractivity contribution < 1.29 is 8.78 Å². The molecule has 0 saturated heterocycles. The number of fused-ring (bicyclic) bond motifs is 1. The highest BCUT2D eigenvalue weighted by atomic mass is 19.3. The highest BCUT2D eigenvalue weighted by Crippen LogP contribution is 2.43. The maximum Gasteiger partial charge on any atom is 0.248 e. The lowest BCUT2D eigenvalue weighted by Gasteiger charge is -2.36. The standard InChI is InChI=1S/C13H19F2N3/c14-13(15)7-5-12(16,6-8-13)11-9-3-1-2-4-10(9)17-18-11/h1-8,16H2,(H,17,18). The first kappa shape index (κ1) is 12.1. The van der Waals surface area contributed by atoms with E-state index in [1.165, 1.54) is 17.7 Å². The predicted octanol–water partition coefficient (Wildman–Crippen LogP) is 2.65. The van der Waals surface area contributed by atoms with Gasteiger partial charge < -0.3 is 5.73 Å². The molecule has 0 aliphatic heterocycles. The van der Waals surface area contributed by atoms with Crippen LogP contribution in [0.3, 0.4) is 0 Å². The molecule has 1 saturated carbocycles. The number of aryl methyl sites for hydroxylation is 1. The second-order valence-corrected chi connectivity index (χ2v) is 5.75. The number of halogens is 2. The molecule has 1 heterocycles. The Hall–Kier alpha value is -0.970. The summed E-state index contributed by atoms with van der Waals surface area (Å²) in [5.74, 6) is -2.54. The molecule has 3 nitrogen and oxygen atoms in total. The van der Waals surface area contributed by atoms with Gasteiger partial charge in [-0.05, 0) is 44.1 Å². The number of H-pyrrole nitrogens is 1. The molecule has 1 fully saturated rings. The van der Waals surface area contributed by atoms with Crippen LogP contribution in [-0.4, -0.2) is 16.1 Å². The summed E-state index contributed by atoms with van der Waals surface area (Å²) < 4.78 is 26.5. The molecule has 0 amide bonds. The van der Waals surface area contributed by atoms with E-state index in [1.54, 1.807) is 0 Å². The zero-order valence-electron chi connectivity index (χ0n) is 10.4. The van der Waals surface area contributed by atoms with Crippen molar-refractivity contribution in [2.45, 2.75) is 62.8 Å². The van der Waals surface area contributed by atoms with Gasteiger partial charge in [-0.2, -0.15) is 5.10 Å². The highest BCUT2D eigenvalue weighted by molar-refractivity contribution is 5.33. The number of alkyl halides is 2. The molecule has 0 radical (unpaired) electrons. The summed E-state index contributed by atoms with van der Waals surface area (Å²) in [6.45, 7) is 0. The quantitative estimate of drug-likeness (QED) is 0.810. The Morgan fingerprint density at radius 2 is 1.72 bits per heavy atom. The summed E-state index contributed by atoms with van der Waals surface area (Å²) in [6.07, 6.45) is 4.73. The Labute approximate surface area is 105 Å². The van der Waals surface area contributed by atoms with Gasteiger partial charge in [-0.25, -0.2) is 8.78 Å². The Balaban J connectivity index is 1.88. The number of rotatable bonds is 1. The second-order valence-electron chi connectivity index (χ2n) is 5.75. The van der Waals surface area contributed by atoms with E-state index in [2.05, 4.69) is 10.2 Å². The molecular weight excluding hydrogens is 236 g/mol. The number of hydrogen-bond acceptors (Lipinski definition) is 2. The lowest BCUT2D eigenvalue weighted by molar-refractivity contribution is -0.0520. The third-order valence-electron chi connectivity index (χ3n) is 4.40. The fourth-order valence-corrected chi connectivity index (χ4v) is 3.19. The minimum atomic E-state index is -2.54. The van der Waals surface area contributed by atoms with Gasteiger partial charge >= 0.3 is 0 Å². The molecule has 100 valence electrons. The van der Waals surface area contributed by atoms with E-state index in [0.29, 0.717) is 12.8 Å². The van der Waals surface area contributed by atoms with E-state index < -0.39 is 11.5 Å². The van der Waals surface area contributed by atoms with Gasteiger partial charge in [0.2, 0.25) is 5.92 Å². The van der Waals surface area contributed by atoms with Gasteiger partial charge in [0, 0.05) is 18.5 Å². The summed E-state index contributed by atoms with van der Waals surface area (Å²) in [5.41, 5.74) is 8.93. The first-order valence-corrected chi connectivity index (χ1v) is 6.74. The van der Waals surface area contributed by atoms with E-state index in [0.717, 1.165) is 25.0 Å². The van der Waals surface area contributed by atoms with Crippen molar-refractivity contribution in [1.82, 2.24) is 10.2 Å². The number of nitrogens with two attached hydrogens (primary N) is 1. The van der Waals surface area contributed by atoms with Gasteiger partial charge in [-0.3, -0.25) is 5.10 Å². The van der Waals surface area contributed by atoms with Crippen LogP contribution >= 0.6 is 0 Å². The SMILES string of the molecule is NC1(c2n[nH]c3c2CCCC3)CCC(F)(F)CC1. The van der Waals surface area contributed by atoms with Crippen LogP contribution in [0.5, 0.6) is 0 Å². The highest BCUT2D eigenvalue weighted by Gasteiger charge is 2.44. The zero-order valence-corrected chi connectivity index (χ0v) is 10.4. The molecular formula is C13H19F2N3. The minimum Gasteiger partial charge on any atom is -0.320 e. The van der Waals surface area contributed by atoms with Crippen LogP contribution in [0.1, 0.15) is 55.5 Å². The van der Waals surface area contributed by atoms with Crippen LogP contribution in [-0.2, 0) is 18.4 Å². The van der Waals surface area contributed by atoms with E-state index in [9.17, 15) is 8.78 Å². The normalized spacial score (nSPS) is 25.7. The molecule has 1 aromatic heterocycles. The largest absolute Gasteiger partial charge is 0.320 e. The Morgan fingerprint density at radius 1 is 1.06 bits per heavy atom. The molecule has 0 atom stereocenters. The summed E-state index contributed by atoms with van der Waals surface area (Å²) in [4.78, 5) is 0. The third-order valence-corrected chi connectivity index (χ3v) is 4.40. The van der Waals surface area contributed by atoms with E-state index in [-0.39, 0.29) is 12.8 Å². The van der Waals surface area contributed by atoms with Gasteiger partial charge in [0.25, 0.3) is 0 Å². The molecule has 0 spiro atoms. The monoisotopic (exact) mass is 255 g/mol. The smallest absolute Gasteiger partial charge is 0.248 e. The second kappa shape index (κ2) is 4.02. The number of nitrogens with one attached hydrogen (secondary N) is 1. The molecule has 2 aliphatic rings. The molecule has 0 aromatic carbocycles. The molecule has 5 heteroatoms.